The molecule has 0 spiro atoms. The highest BCUT2D eigenvalue weighted by atomic mass is 35.5. The van der Waals surface area contributed by atoms with Crippen molar-refractivity contribution < 1.29 is 18.0 Å². The van der Waals surface area contributed by atoms with Gasteiger partial charge in [0.15, 0.2) is 0 Å². The van der Waals surface area contributed by atoms with E-state index in [0.717, 1.165) is 99.4 Å². The number of carbonyl (C=O) groups is 2. The van der Waals surface area contributed by atoms with E-state index in [1.54, 1.807) is 12.1 Å². The highest BCUT2D eigenvalue weighted by Crippen LogP contribution is 2.33. The number of nitrogens with zero attached hydrogens (tertiary/aromatic N) is 1. The van der Waals surface area contributed by atoms with Gasteiger partial charge in [0.25, 0.3) is 0 Å². The average Bonchev–Trinajstić information content (AvgIpc) is 3.57. The van der Waals surface area contributed by atoms with Crippen molar-refractivity contribution >= 4 is 62.5 Å². The Morgan fingerprint density at radius 1 is 0.891 bits per heavy atom. The van der Waals surface area contributed by atoms with Crippen LogP contribution in [0, 0.1) is 0 Å². The number of carbonyl (C=O) groups excluding carboxylic acids is 2. The maximum atomic E-state index is 12.6. The van der Waals surface area contributed by atoms with Gasteiger partial charge in [0.2, 0.25) is 10.0 Å². The number of halogens is 1. The van der Waals surface area contributed by atoms with Gasteiger partial charge in [-0.1, -0.05) is 49.9 Å². The number of unbranched alkanes of at least 4 members (excludes halogenated alkanes) is 6. The van der Waals surface area contributed by atoms with Crippen molar-refractivity contribution in [1.82, 2.24) is 15.4 Å². The van der Waals surface area contributed by atoms with Gasteiger partial charge in [-0.15, -0.1) is 12.4 Å². The fourth-order valence-corrected chi connectivity index (χ4v) is 8.71. The molecule has 2 amide bonds. The molecule has 0 aliphatic carbocycles. The van der Waals surface area contributed by atoms with Crippen LogP contribution >= 0.6 is 24.2 Å². The first kappa shape index (κ1) is 40.1. The van der Waals surface area contributed by atoms with E-state index in [0.29, 0.717) is 41.5 Å². The molecule has 2 aliphatic rings. The van der Waals surface area contributed by atoms with Crippen LogP contribution in [-0.4, -0.2) is 77.0 Å². The molecule has 0 aromatic heterocycles. The van der Waals surface area contributed by atoms with Crippen LogP contribution in [0.4, 0.5) is 10.5 Å². The molecule has 3 atom stereocenters. The standard InChI is InChI=1S/C17H25N3O2S.C16H29N3O2S.ClH/c1-20(2)16-10-6-9-15-14(16)8-7-11-17(15)23(21,22)19-13-5-3-4-12-18;17-10-6-2-1-3-7-12(20)8-4-5-9-14-15-13(11-22-14)18-16(21)19-15;/h6-11,19H,3-5,12-13,18H2,1-2H3;13-15H,1-11,17H2,(H2,18,19,21);1H/t;13?,14-,15?;/m.0./s1. The minimum Gasteiger partial charge on any atom is -0.377 e. The van der Waals surface area contributed by atoms with Crippen LogP contribution in [0.5, 0.6) is 0 Å². The van der Waals surface area contributed by atoms with Gasteiger partial charge in [-0.2, -0.15) is 11.8 Å². The smallest absolute Gasteiger partial charge is 0.315 e. The van der Waals surface area contributed by atoms with E-state index in [2.05, 4.69) is 15.4 Å². The first-order valence-electron chi connectivity index (χ1n) is 16.5. The summed E-state index contributed by atoms with van der Waals surface area (Å²) in [6.07, 6.45) is 11.6. The Morgan fingerprint density at radius 3 is 2.22 bits per heavy atom. The van der Waals surface area contributed by atoms with Crippen molar-refractivity contribution in [3.05, 3.63) is 36.4 Å². The SMILES string of the molecule is CN(C)c1cccc2c(S(=O)(=O)NCCCCCN)cccc12.Cl.NCCCCCCC(=O)CCCC[C@@H]1SCC2NC(=O)NC21. The number of anilines is 1. The summed E-state index contributed by atoms with van der Waals surface area (Å²) < 4.78 is 27.9. The number of Topliss-reactive ketones (excluding diaryl/α,β-unsaturated/α-hetero) is 1. The maximum absolute atomic E-state index is 12.6. The number of urea groups is 1. The summed E-state index contributed by atoms with van der Waals surface area (Å²) >= 11 is 1.94. The first-order valence-corrected chi connectivity index (χ1v) is 19.0. The number of fused-ring (bicyclic) bond motifs is 2. The van der Waals surface area contributed by atoms with Gasteiger partial charge in [-0.3, -0.25) is 4.79 Å². The monoisotopic (exact) mass is 698 g/mol. The van der Waals surface area contributed by atoms with Gasteiger partial charge in [0, 0.05) is 60.9 Å². The highest BCUT2D eigenvalue weighted by molar-refractivity contribution is 8.00. The third kappa shape index (κ3) is 12.5. The minimum absolute atomic E-state index is 0. The summed E-state index contributed by atoms with van der Waals surface area (Å²) in [5.41, 5.74) is 11.9. The zero-order valence-electron chi connectivity index (χ0n) is 27.5. The Balaban J connectivity index is 0.000000314. The largest absolute Gasteiger partial charge is 0.377 e. The third-order valence-corrected chi connectivity index (χ3v) is 11.4. The molecule has 46 heavy (non-hydrogen) atoms. The van der Waals surface area contributed by atoms with Crippen molar-refractivity contribution in [1.29, 1.82) is 0 Å². The zero-order chi connectivity index (χ0) is 32.7. The lowest BCUT2D eigenvalue weighted by Crippen LogP contribution is -2.36. The molecule has 2 unspecified atom stereocenters. The van der Waals surface area contributed by atoms with Crippen LogP contribution in [0.3, 0.4) is 0 Å². The molecule has 0 bridgehead atoms. The number of amides is 2. The fourth-order valence-electron chi connectivity index (χ4n) is 5.88. The van der Waals surface area contributed by atoms with Gasteiger partial charge in [-0.25, -0.2) is 17.9 Å². The quantitative estimate of drug-likeness (QED) is 0.102. The summed E-state index contributed by atoms with van der Waals surface area (Å²) in [5.74, 6) is 1.41. The summed E-state index contributed by atoms with van der Waals surface area (Å²) in [7, 11) is 0.384. The van der Waals surface area contributed by atoms with Crippen LogP contribution in [0.2, 0.25) is 0 Å². The molecule has 7 N–H and O–H groups in total. The number of ketones is 1. The molecule has 10 nitrogen and oxygen atoms in total. The summed E-state index contributed by atoms with van der Waals surface area (Å²) in [4.78, 5) is 25.4. The van der Waals surface area contributed by atoms with Crippen molar-refractivity contribution in [2.75, 3.05) is 44.4 Å². The van der Waals surface area contributed by atoms with Crippen LogP contribution in [0.15, 0.2) is 41.3 Å². The van der Waals surface area contributed by atoms with E-state index in [4.69, 9.17) is 11.5 Å². The molecule has 2 aliphatic heterocycles. The second-order valence-corrected chi connectivity index (χ2v) is 15.1. The predicted octanol–water partition coefficient (Wildman–Crippen LogP) is 4.93. The van der Waals surface area contributed by atoms with Crippen molar-refractivity contribution in [3.63, 3.8) is 0 Å². The Bertz CT molecular complexity index is 1330. The molecule has 260 valence electrons. The lowest BCUT2D eigenvalue weighted by molar-refractivity contribution is -0.119. The molecular weight excluding hydrogens is 644 g/mol. The summed E-state index contributed by atoms with van der Waals surface area (Å²) in [6, 6.07) is 11.7. The average molecular weight is 699 g/mol. The molecule has 4 rings (SSSR count). The van der Waals surface area contributed by atoms with Gasteiger partial charge in [0.05, 0.1) is 17.0 Å². The zero-order valence-corrected chi connectivity index (χ0v) is 29.9. The minimum atomic E-state index is -3.52. The summed E-state index contributed by atoms with van der Waals surface area (Å²) in [5, 5.41) is 8.16. The van der Waals surface area contributed by atoms with E-state index < -0.39 is 10.0 Å². The molecule has 2 saturated heterocycles. The van der Waals surface area contributed by atoms with Gasteiger partial charge in [-0.05, 0) is 63.7 Å². The Kier molecular flexibility index (Phi) is 18.3. The Labute approximate surface area is 286 Å². The normalized spacial score (nSPS) is 18.6. The number of sulfonamides is 1. The molecular formula is C33H55ClN6O4S2. The molecule has 0 radical (unpaired) electrons. The third-order valence-electron chi connectivity index (χ3n) is 8.35. The van der Waals surface area contributed by atoms with E-state index >= 15 is 0 Å². The van der Waals surface area contributed by atoms with Gasteiger partial charge >= 0.3 is 6.03 Å². The van der Waals surface area contributed by atoms with E-state index in [1.807, 2.05) is 55.0 Å². The second-order valence-electron chi connectivity index (χ2n) is 12.1. The maximum Gasteiger partial charge on any atom is 0.315 e. The molecule has 2 aromatic rings. The van der Waals surface area contributed by atoms with E-state index in [1.165, 1.54) is 0 Å². The second kappa shape index (κ2) is 21.0. The Morgan fingerprint density at radius 2 is 1.52 bits per heavy atom. The number of thioether (sulfide) groups is 1. The lowest BCUT2D eigenvalue weighted by Gasteiger charge is -2.17. The van der Waals surface area contributed by atoms with Crippen LogP contribution in [-0.2, 0) is 14.8 Å². The highest BCUT2D eigenvalue weighted by Gasteiger charge is 2.42. The molecule has 2 aromatic carbocycles. The van der Waals surface area contributed by atoms with Crippen molar-refractivity contribution in [2.45, 2.75) is 99.3 Å². The first-order chi connectivity index (χ1) is 21.7. The number of benzene rings is 2. The lowest BCUT2D eigenvalue weighted by atomic mass is 10.0. The Hall–Kier alpha value is -2.09. The molecule has 0 saturated carbocycles. The van der Waals surface area contributed by atoms with E-state index in [9.17, 15) is 18.0 Å². The predicted molar refractivity (Wildman–Crippen MR) is 195 cm³/mol. The van der Waals surface area contributed by atoms with E-state index in [-0.39, 0.29) is 24.5 Å². The number of nitrogens with two attached hydrogens (primary N) is 2. The number of nitrogens with one attached hydrogen (secondary N) is 3. The molecule has 2 fully saturated rings. The van der Waals surface area contributed by atoms with Gasteiger partial charge in [0.1, 0.15) is 5.78 Å². The molecule has 13 heteroatoms. The number of rotatable bonds is 19. The fraction of sp³-hybridized carbons (Fsp3) is 0.636. The van der Waals surface area contributed by atoms with Gasteiger partial charge < -0.3 is 27.0 Å². The van der Waals surface area contributed by atoms with Crippen molar-refractivity contribution in [3.8, 4) is 0 Å². The van der Waals surface area contributed by atoms with Crippen molar-refractivity contribution in [2.24, 2.45) is 11.5 Å². The van der Waals surface area contributed by atoms with Crippen LogP contribution < -0.4 is 31.7 Å². The van der Waals surface area contributed by atoms with Crippen LogP contribution in [0.1, 0.15) is 77.0 Å². The topological polar surface area (TPSA) is 160 Å². The summed E-state index contributed by atoms with van der Waals surface area (Å²) in [6.45, 7) is 1.83. The number of hydrogen-bond donors (Lipinski definition) is 5. The number of hydrogen-bond acceptors (Lipinski definition) is 8. The molecule has 2 heterocycles. The van der Waals surface area contributed by atoms with Crippen LogP contribution in [0.25, 0.3) is 10.8 Å².